The molecular weight excluding hydrogens is 281 g/mol. The van der Waals surface area contributed by atoms with Gasteiger partial charge in [-0.1, -0.05) is 27.5 Å². The molecule has 1 nitrogen and oxygen atoms in total. The van der Waals surface area contributed by atoms with Crippen molar-refractivity contribution >= 4 is 43.5 Å². The molecule has 1 rings (SSSR count). The van der Waals surface area contributed by atoms with Gasteiger partial charge in [-0.25, -0.2) is 4.98 Å². The van der Waals surface area contributed by atoms with E-state index >= 15 is 0 Å². The molecule has 0 spiro atoms. The predicted molar refractivity (Wildman–Crippen MR) is 49.6 cm³/mol. The fourth-order valence-electron chi connectivity index (χ4n) is 0.554. The quantitative estimate of drug-likeness (QED) is 0.569. The van der Waals surface area contributed by atoms with E-state index in [1.807, 2.05) is 6.07 Å². The Labute approximate surface area is 81.1 Å². The summed E-state index contributed by atoms with van der Waals surface area (Å²) in [5, 5.41) is 1.45. The SMILES string of the molecule is Clc1cnc(Br)cc1CBr. The van der Waals surface area contributed by atoms with Gasteiger partial charge in [-0.2, -0.15) is 0 Å². The van der Waals surface area contributed by atoms with E-state index in [0.29, 0.717) is 5.02 Å². The van der Waals surface area contributed by atoms with E-state index in [2.05, 4.69) is 36.8 Å². The number of nitrogens with zero attached hydrogens (tertiary/aromatic N) is 1. The Balaban J connectivity index is 3.09. The molecule has 0 aliphatic heterocycles. The van der Waals surface area contributed by atoms with Crippen molar-refractivity contribution in [3.63, 3.8) is 0 Å². The molecule has 0 radical (unpaired) electrons. The lowest BCUT2D eigenvalue weighted by atomic mass is 10.3. The molecule has 0 bridgehead atoms. The monoisotopic (exact) mass is 283 g/mol. The van der Waals surface area contributed by atoms with Crippen LogP contribution in [-0.4, -0.2) is 4.98 Å². The van der Waals surface area contributed by atoms with Crippen LogP contribution in [0.2, 0.25) is 5.02 Å². The maximum absolute atomic E-state index is 5.78. The second kappa shape index (κ2) is 3.69. The summed E-state index contributed by atoms with van der Waals surface area (Å²) in [7, 11) is 0. The molecule has 0 aliphatic carbocycles. The van der Waals surface area contributed by atoms with Crippen molar-refractivity contribution in [3.8, 4) is 0 Å². The largest absolute Gasteiger partial charge is 0.248 e. The Hall–Kier alpha value is 0.400. The molecule has 0 unspecified atom stereocenters. The number of aromatic nitrogens is 1. The minimum atomic E-state index is 0.695. The van der Waals surface area contributed by atoms with Crippen LogP contribution in [0.1, 0.15) is 5.56 Å². The van der Waals surface area contributed by atoms with E-state index in [-0.39, 0.29) is 0 Å². The predicted octanol–water partition coefficient (Wildman–Crippen LogP) is 3.39. The molecule has 54 valence electrons. The summed E-state index contributed by atoms with van der Waals surface area (Å²) in [6.45, 7) is 0. The Morgan fingerprint density at radius 2 is 2.30 bits per heavy atom. The van der Waals surface area contributed by atoms with Gasteiger partial charge in [0.25, 0.3) is 0 Å². The Morgan fingerprint density at radius 3 is 2.80 bits per heavy atom. The first-order chi connectivity index (χ1) is 4.74. The Kier molecular flexibility index (Phi) is 3.14. The van der Waals surface area contributed by atoms with E-state index in [9.17, 15) is 0 Å². The molecule has 1 heterocycles. The highest BCUT2D eigenvalue weighted by atomic mass is 79.9. The van der Waals surface area contributed by atoms with Crippen molar-refractivity contribution in [2.75, 3.05) is 0 Å². The molecule has 0 fully saturated rings. The molecular formula is C6H4Br2ClN. The summed E-state index contributed by atoms with van der Waals surface area (Å²) in [5.74, 6) is 0. The van der Waals surface area contributed by atoms with Crippen LogP contribution in [0.4, 0.5) is 0 Å². The number of alkyl halides is 1. The van der Waals surface area contributed by atoms with Crippen LogP contribution < -0.4 is 0 Å². The highest BCUT2D eigenvalue weighted by Crippen LogP contribution is 2.20. The van der Waals surface area contributed by atoms with Crippen molar-refractivity contribution in [2.24, 2.45) is 0 Å². The maximum atomic E-state index is 5.78. The van der Waals surface area contributed by atoms with E-state index in [1.54, 1.807) is 6.20 Å². The second-order valence-electron chi connectivity index (χ2n) is 1.73. The molecule has 10 heavy (non-hydrogen) atoms. The molecule has 0 aliphatic rings. The minimum Gasteiger partial charge on any atom is -0.248 e. The van der Waals surface area contributed by atoms with Crippen molar-refractivity contribution < 1.29 is 0 Å². The molecule has 0 aromatic carbocycles. The van der Waals surface area contributed by atoms with E-state index in [0.717, 1.165) is 15.5 Å². The standard InChI is InChI=1S/C6H4Br2ClN/c7-2-4-1-6(8)10-3-5(4)9/h1,3H,2H2. The third-order valence-corrected chi connectivity index (χ3v) is 2.42. The van der Waals surface area contributed by atoms with Crippen LogP contribution >= 0.6 is 43.5 Å². The zero-order valence-electron chi connectivity index (χ0n) is 4.94. The lowest BCUT2D eigenvalue weighted by molar-refractivity contribution is 1.23. The van der Waals surface area contributed by atoms with Gasteiger partial charge in [0, 0.05) is 11.5 Å². The van der Waals surface area contributed by atoms with Gasteiger partial charge in [0.1, 0.15) is 4.60 Å². The number of rotatable bonds is 1. The first kappa shape index (κ1) is 8.50. The van der Waals surface area contributed by atoms with Crippen LogP contribution in [0.15, 0.2) is 16.9 Å². The van der Waals surface area contributed by atoms with Crippen LogP contribution in [-0.2, 0) is 5.33 Å². The molecule has 0 N–H and O–H groups in total. The van der Waals surface area contributed by atoms with Gasteiger partial charge >= 0.3 is 0 Å². The van der Waals surface area contributed by atoms with E-state index < -0.39 is 0 Å². The van der Waals surface area contributed by atoms with Crippen molar-refractivity contribution in [2.45, 2.75) is 5.33 Å². The minimum absolute atomic E-state index is 0.695. The molecule has 0 atom stereocenters. The highest BCUT2D eigenvalue weighted by Gasteiger charge is 1.98. The van der Waals surface area contributed by atoms with Crippen LogP contribution in [0.25, 0.3) is 0 Å². The van der Waals surface area contributed by atoms with Crippen LogP contribution in [0.3, 0.4) is 0 Å². The fraction of sp³-hybridized carbons (Fsp3) is 0.167. The summed E-state index contributed by atoms with van der Waals surface area (Å²) in [4.78, 5) is 3.95. The molecule has 0 amide bonds. The third kappa shape index (κ3) is 1.94. The van der Waals surface area contributed by atoms with Crippen LogP contribution in [0.5, 0.6) is 0 Å². The number of hydrogen-bond acceptors (Lipinski definition) is 1. The summed E-state index contributed by atoms with van der Waals surface area (Å²) < 4.78 is 0.811. The number of hydrogen-bond donors (Lipinski definition) is 0. The molecule has 0 saturated carbocycles. The normalized spacial score (nSPS) is 9.90. The van der Waals surface area contributed by atoms with E-state index in [4.69, 9.17) is 11.6 Å². The van der Waals surface area contributed by atoms with Gasteiger partial charge in [0.05, 0.1) is 5.02 Å². The fourth-order valence-corrected chi connectivity index (χ4v) is 1.73. The first-order valence-electron chi connectivity index (χ1n) is 2.60. The van der Waals surface area contributed by atoms with Crippen molar-refractivity contribution in [1.82, 2.24) is 4.98 Å². The number of halogens is 3. The van der Waals surface area contributed by atoms with Crippen LogP contribution in [0, 0.1) is 0 Å². The van der Waals surface area contributed by atoms with Gasteiger partial charge in [-0.05, 0) is 27.6 Å². The highest BCUT2D eigenvalue weighted by molar-refractivity contribution is 9.10. The van der Waals surface area contributed by atoms with Crippen molar-refractivity contribution in [1.29, 1.82) is 0 Å². The van der Waals surface area contributed by atoms with Gasteiger partial charge in [0.2, 0.25) is 0 Å². The average molecular weight is 285 g/mol. The van der Waals surface area contributed by atoms with Gasteiger partial charge in [-0.3, -0.25) is 0 Å². The summed E-state index contributed by atoms with van der Waals surface area (Å²) >= 11 is 12.3. The Bertz CT molecular complexity index is 239. The van der Waals surface area contributed by atoms with Crippen molar-refractivity contribution in [3.05, 3.63) is 27.5 Å². The summed E-state index contributed by atoms with van der Waals surface area (Å²) in [5.41, 5.74) is 1.04. The van der Waals surface area contributed by atoms with Gasteiger partial charge in [0.15, 0.2) is 0 Å². The first-order valence-corrected chi connectivity index (χ1v) is 4.89. The molecule has 1 aromatic rings. The lowest BCUT2D eigenvalue weighted by Crippen LogP contribution is -1.82. The summed E-state index contributed by atoms with van der Waals surface area (Å²) in [6, 6.07) is 1.89. The summed E-state index contributed by atoms with van der Waals surface area (Å²) in [6.07, 6.45) is 1.63. The molecule has 1 aromatic heterocycles. The van der Waals surface area contributed by atoms with E-state index in [1.165, 1.54) is 0 Å². The molecule has 0 saturated heterocycles. The van der Waals surface area contributed by atoms with Gasteiger partial charge in [-0.15, -0.1) is 0 Å². The van der Waals surface area contributed by atoms with Gasteiger partial charge < -0.3 is 0 Å². The average Bonchev–Trinajstić information content (AvgIpc) is 1.94. The lowest BCUT2D eigenvalue weighted by Gasteiger charge is -1.97. The molecule has 4 heteroatoms. The number of pyridine rings is 1. The third-order valence-electron chi connectivity index (χ3n) is 1.05. The Morgan fingerprint density at radius 1 is 1.60 bits per heavy atom. The zero-order valence-corrected chi connectivity index (χ0v) is 8.87. The zero-order chi connectivity index (χ0) is 7.56. The second-order valence-corrected chi connectivity index (χ2v) is 3.51. The smallest absolute Gasteiger partial charge is 0.106 e. The topological polar surface area (TPSA) is 12.9 Å². The maximum Gasteiger partial charge on any atom is 0.106 e.